The number of hydrogen-bond acceptors (Lipinski definition) is 3. The number of hydrogen-bond donors (Lipinski definition) is 0. The molecule has 0 spiro atoms. The van der Waals surface area contributed by atoms with Crippen LogP contribution in [0.25, 0.3) is 16.9 Å². The molecule has 0 atom stereocenters. The Labute approximate surface area is 159 Å². The first-order valence-corrected chi connectivity index (χ1v) is 8.99. The Hall–Kier alpha value is -3.12. The van der Waals surface area contributed by atoms with E-state index in [2.05, 4.69) is 4.98 Å². The SMILES string of the molecule is CCn1c(=O)c2c(ncn2Cc2ccccc2Cl)n(-c2ccccc2)c1=O. The number of halogens is 1. The molecule has 7 heteroatoms. The first-order chi connectivity index (χ1) is 13.1. The summed E-state index contributed by atoms with van der Waals surface area (Å²) in [6.07, 6.45) is 1.58. The van der Waals surface area contributed by atoms with Crippen molar-refractivity contribution in [2.45, 2.75) is 20.0 Å². The highest BCUT2D eigenvalue weighted by molar-refractivity contribution is 6.31. The van der Waals surface area contributed by atoms with E-state index in [1.54, 1.807) is 23.9 Å². The zero-order chi connectivity index (χ0) is 19.0. The van der Waals surface area contributed by atoms with Crippen LogP contribution in [-0.2, 0) is 13.1 Å². The summed E-state index contributed by atoms with van der Waals surface area (Å²) in [6.45, 7) is 2.44. The third kappa shape index (κ3) is 2.88. The van der Waals surface area contributed by atoms with Gasteiger partial charge in [0.1, 0.15) is 0 Å². The first kappa shape index (κ1) is 17.3. The lowest BCUT2D eigenvalue weighted by atomic mass is 10.2. The maximum Gasteiger partial charge on any atom is 0.337 e. The molecule has 0 saturated carbocycles. The van der Waals surface area contributed by atoms with Gasteiger partial charge in [-0.3, -0.25) is 9.36 Å². The van der Waals surface area contributed by atoms with Crippen LogP contribution >= 0.6 is 11.6 Å². The van der Waals surface area contributed by atoms with Gasteiger partial charge in [0.2, 0.25) is 0 Å². The number of rotatable bonds is 4. The molecular weight excluding hydrogens is 364 g/mol. The van der Waals surface area contributed by atoms with Crippen LogP contribution in [0, 0.1) is 0 Å². The fourth-order valence-corrected chi connectivity index (χ4v) is 3.39. The van der Waals surface area contributed by atoms with Crippen molar-refractivity contribution < 1.29 is 0 Å². The van der Waals surface area contributed by atoms with E-state index in [0.29, 0.717) is 28.4 Å². The highest BCUT2D eigenvalue weighted by Crippen LogP contribution is 2.19. The van der Waals surface area contributed by atoms with Gasteiger partial charge in [-0.1, -0.05) is 48.0 Å². The van der Waals surface area contributed by atoms with Crippen molar-refractivity contribution in [1.29, 1.82) is 0 Å². The standard InChI is InChI=1S/C20H17ClN4O2/c1-2-24-19(26)17-18(25(20(24)27)15-9-4-3-5-10-15)22-13-23(17)12-14-8-6-7-11-16(14)21/h3-11,13H,2,12H2,1H3. The molecule has 4 rings (SSSR count). The summed E-state index contributed by atoms with van der Waals surface area (Å²) in [5, 5.41) is 0.617. The Balaban J connectivity index is 2.01. The molecule has 2 aromatic heterocycles. The monoisotopic (exact) mass is 380 g/mol. The highest BCUT2D eigenvalue weighted by Gasteiger charge is 2.18. The molecule has 0 saturated heterocycles. The molecule has 2 aromatic carbocycles. The lowest BCUT2D eigenvalue weighted by molar-refractivity contribution is 0.655. The number of aromatic nitrogens is 4. The molecule has 136 valence electrons. The number of benzene rings is 2. The van der Waals surface area contributed by atoms with Gasteiger partial charge in [0.25, 0.3) is 5.56 Å². The van der Waals surface area contributed by atoms with E-state index in [1.165, 1.54) is 9.13 Å². The second-order valence-electron chi connectivity index (χ2n) is 6.14. The zero-order valence-electron chi connectivity index (χ0n) is 14.7. The van der Waals surface area contributed by atoms with Crippen LogP contribution in [0.5, 0.6) is 0 Å². The summed E-state index contributed by atoms with van der Waals surface area (Å²) < 4.78 is 4.44. The van der Waals surface area contributed by atoms with Gasteiger partial charge in [0, 0.05) is 11.6 Å². The second-order valence-corrected chi connectivity index (χ2v) is 6.55. The van der Waals surface area contributed by atoms with Gasteiger partial charge in [-0.2, -0.15) is 0 Å². The molecular formula is C20H17ClN4O2. The maximum atomic E-state index is 13.0. The molecule has 0 aliphatic carbocycles. The Kier molecular flexibility index (Phi) is 4.41. The van der Waals surface area contributed by atoms with Crippen molar-refractivity contribution >= 4 is 22.8 Å². The van der Waals surface area contributed by atoms with E-state index in [4.69, 9.17) is 11.6 Å². The van der Waals surface area contributed by atoms with Crippen LogP contribution in [0.4, 0.5) is 0 Å². The van der Waals surface area contributed by atoms with E-state index in [-0.39, 0.29) is 12.1 Å². The number of imidazole rings is 1. The molecule has 0 fully saturated rings. The van der Waals surface area contributed by atoms with Gasteiger partial charge in [-0.05, 0) is 30.7 Å². The van der Waals surface area contributed by atoms with Gasteiger partial charge in [-0.25, -0.2) is 14.3 Å². The summed E-state index contributed by atoms with van der Waals surface area (Å²) in [5.41, 5.74) is 1.50. The van der Waals surface area contributed by atoms with E-state index in [1.807, 2.05) is 48.5 Å². The van der Waals surface area contributed by atoms with Crippen LogP contribution in [0.2, 0.25) is 5.02 Å². The Morgan fingerprint density at radius 1 is 1.00 bits per heavy atom. The fraction of sp³-hybridized carbons (Fsp3) is 0.150. The van der Waals surface area contributed by atoms with E-state index in [9.17, 15) is 9.59 Å². The largest absolute Gasteiger partial charge is 0.337 e. The van der Waals surface area contributed by atoms with Crippen LogP contribution in [0.1, 0.15) is 12.5 Å². The van der Waals surface area contributed by atoms with Gasteiger partial charge in [0.15, 0.2) is 11.2 Å². The van der Waals surface area contributed by atoms with Gasteiger partial charge in [0.05, 0.1) is 18.6 Å². The summed E-state index contributed by atoms with van der Waals surface area (Å²) >= 11 is 6.27. The fourth-order valence-electron chi connectivity index (χ4n) is 3.20. The average molecular weight is 381 g/mol. The van der Waals surface area contributed by atoms with Gasteiger partial charge < -0.3 is 4.57 Å². The van der Waals surface area contributed by atoms with Crippen molar-refractivity contribution in [3.05, 3.63) is 92.3 Å². The molecule has 0 N–H and O–H groups in total. The number of fused-ring (bicyclic) bond motifs is 1. The third-order valence-electron chi connectivity index (χ3n) is 4.53. The zero-order valence-corrected chi connectivity index (χ0v) is 15.4. The number of para-hydroxylation sites is 1. The van der Waals surface area contributed by atoms with Crippen LogP contribution < -0.4 is 11.2 Å². The molecule has 6 nitrogen and oxygen atoms in total. The minimum Gasteiger partial charge on any atom is -0.320 e. The van der Waals surface area contributed by atoms with Crippen LogP contribution in [-0.4, -0.2) is 18.7 Å². The lowest BCUT2D eigenvalue weighted by Gasteiger charge is -2.12. The van der Waals surface area contributed by atoms with E-state index < -0.39 is 5.69 Å². The minimum absolute atomic E-state index is 0.276. The number of nitrogens with zero attached hydrogens (tertiary/aromatic N) is 4. The Morgan fingerprint density at radius 2 is 1.70 bits per heavy atom. The van der Waals surface area contributed by atoms with Crippen molar-refractivity contribution in [3.63, 3.8) is 0 Å². The topological polar surface area (TPSA) is 61.8 Å². The molecule has 4 aromatic rings. The summed E-state index contributed by atoms with van der Waals surface area (Å²) in [7, 11) is 0. The van der Waals surface area contributed by atoms with Crippen molar-refractivity contribution in [3.8, 4) is 5.69 Å². The third-order valence-corrected chi connectivity index (χ3v) is 4.90. The molecule has 27 heavy (non-hydrogen) atoms. The smallest absolute Gasteiger partial charge is 0.320 e. The summed E-state index contributed by atoms with van der Waals surface area (Å²) in [5.74, 6) is 0. The first-order valence-electron chi connectivity index (χ1n) is 8.61. The van der Waals surface area contributed by atoms with Crippen molar-refractivity contribution in [2.75, 3.05) is 0 Å². The molecule has 2 heterocycles. The molecule has 0 unspecified atom stereocenters. The second kappa shape index (κ2) is 6.89. The minimum atomic E-state index is -0.399. The molecule has 0 aliphatic heterocycles. The van der Waals surface area contributed by atoms with Gasteiger partial charge in [-0.15, -0.1) is 0 Å². The normalized spacial score (nSPS) is 11.2. The summed E-state index contributed by atoms with van der Waals surface area (Å²) in [6, 6.07) is 16.7. The van der Waals surface area contributed by atoms with E-state index >= 15 is 0 Å². The van der Waals surface area contributed by atoms with Crippen LogP contribution in [0.15, 0.2) is 70.5 Å². The average Bonchev–Trinajstić information content (AvgIpc) is 3.08. The summed E-state index contributed by atoms with van der Waals surface area (Å²) in [4.78, 5) is 30.3. The Bertz CT molecular complexity index is 1240. The molecule has 0 aliphatic rings. The van der Waals surface area contributed by atoms with Gasteiger partial charge >= 0.3 is 5.69 Å². The lowest BCUT2D eigenvalue weighted by Crippen LogP contribution is -2.39. The predicted molar refractivity (Wildman–Crippen MR) is 106 cm³/mol. The maximum absolute atomic E-state index is 13.0. The Morgan fingerprint density at radius 3 is 2.41 bits per heavy atom. The van der Waals surface area contributed by atoms with Crippen molar-refractivity contribution in [2.24, 2.45) is 0 Å². The van der Waals surface area contributed by atoms with Crippen LogP contribution in [0.3, 0.4) is 0 Å². The molecule has 0 radical (unpaired) electrons. The van der Waals surface area contributed by atoms with E-state index in [0.717, 1.165) is 5.56 Å². The molecule has 0 bridgehead atoms. The highest BCUT2D eigenvalue weighted by atomic mass is 35.5. The molecule has 0 amide bonds. The quantitative estimate of drug-likeness (QED) is 0.546. The van der Waals surface area contributed by atoms with Crippen molar-refractivity contribution in [1.82, 2.24) is 18.7 Å². The predicted octanol–water partition coefficient (Wildman–Crippen LogP) is 3.07.